The fraction of sp³-hybridized carbons (Fsp3) is 0.367. The molecule has 2 aromatic carbocycles. The highest BCUT2D eigenvalue weighted by Gasteiger charge is 2.35. The van der Waals surface area contributed by atoms with E-state index in [1.807, 2.05) is 0 Å². The van der Waals surface area contributed by atoms with Crippen molar-refractivity contribution in [1.29, 1.82) is 0 Å². The molecule has 1 aliphatic rings. The number of halogens is 9. The third-order valence-electron chi connectivity index (χ3n) is 7.20. The molecule has 1 aliphatic heterocycles. The Kier molecular flexibility index (Phi) is 9.96. The smallest absolute Gasteiger partial charge is 0.439 e. The van der Waals surface area contributed by atoms with Gasteiger partial charge in [0.25, 0.3) is 0 Å². The first-order chi connectivity index (χ1) is 22.5. The van der Waals surface area contributed by atoms with Gasteiger partial charge in [0.15, 0.2) is 12.4 Å². The Labute approximate surface area is 269 Å². The molecule has 4 aromatic rings. The molecule has 5 rings (SSSR count). The van der Waals surface area contributed by atoms with E-state index >= 15 is 0 Å². The van der Waals surface area contributed by atoms with Crippen molar-refractivity contribution in [3.63, 3.8) is 0 Å². The minimum atomic E-state index is -4.70. The quantitative estimate of drug-likeness (QED) is 0.131. The second-order valence-electron chi connectivity index (χ2n) is 10.6. The van der Waals surface area contributed by atoms with Gasteiger partial charge in [-0.05, 0) is 37.1 Å². The van der Waals surface area contributed by atoms with Crippen molar-refractivity contribution in [2.45, 2.75) is 50.9 Å². The molecule has 8 nitrogen and oxygen atoms in total. The van der Waals surface area contributed by atoms with Crippen molar-refractivity contribution < 1.29 is 53.5 Å². The molecule has 258 valence electrons. The Hall–Kier alpha value is -4.32. The first-order valence-electron chi connectivity index (χ1n) is 14.2. The van der Waals surface area contributed by atoms with E-state index in [0.717, 1.165) is 29.5 Å². The molecular weight excluding hydrogens is 683 g/mol. The molecule has 0 amide bonds. The van der Waals surface area contributed by atoms with Gasteiger partial charge < -0.3 is 9.47 Å². The highest BCUT2D eigenvalue weighted by atomic mass is 32.1. The summed E-state index contributed by atoms with van der Waals surface area (Å²) in [4.78, 5) is 20.6. The van der Waals surface area contributed by atoms with Gasteiger partial charge >= 0.3 is 24.3 Å². The SMILES string of the molecule is CCC(Oc1ccc(-c2noc(=O)[nH]2)c(OCC(F)(F)F)c1)c1sc(-c2ccc(C(F)(F)F)cc2)nc1CN1CC=C(C(F)(F)F)CC1. The van der Waals surface area contributed by atoms with E-state index in [2.05, 4.69) is 19.6 Å². The Morgan fingerprint density at radius 2 is 1.75 bits per heavy atom. The summed E-state index contributed by atoms with van der Waals surface area (Å²) in [5, 5.41) is 3.83. The van der Waals surface area contributed by atoms with E-state index < -0.39 is 48.1 Å². The molecule has 1 N–H and O–H groups in total. The molecule has 0 fully saturated rings. The number of thiazole rings is 1. The summed E-state index contributed by atoms with van der Waals surface area (Å²) >= 11 is 1.11. The minimum Gasteiger partial charge on any atom is -0.485 e. The molecule has 3 heterocycles. The van der Waals surface area contributed by atoms with Gasteiger partial charge in [-0.25, -0.2) is 9.78 Å². The molecular formula is C30H25F9N4O4S. The number of alkyl halides is 9. The molecule has 0 aliphatic carbocycles. The highest BCUT2D eigenvalue weighted by molar-refractivity contribution is 7.15. The van der Waals surface area contributed by atoms with E-state index in [0.29, 0.717) is 21.1 Å². The Bertz CT molecular complexity index is 1810. The summed E-state index contributed by atoms with van der Waals surface area (Å²) in [6.07, 6.45) is -13.4. The second kappa shape index (κ2) is 13.7. The molecule has 0 bridgehead atoms. The van der Waals surface area contributed by atoms with Gasteiger partial charge in [-0.15, -0.1) is 11.3 Å². The minimum absolute atomic E-state index is 0.0232. The molecule has 0 saturated carbocycles. The van der Waals surface area contributed by atoms with Crippen LogP contribution >= 0.6 is 11.3 Å². The number of ether oxygens (including phenoxy) is 2. The standard InChI is InChI=1S/C30H25F9N4O4S/c1-2-22(46-19-7-8-20(25-41-27(44)47-42-25)23(13-19)45-15-28(31,32)33)24-21(14-43-11-9-18(10-12-43)30(37,38)39)40-26(48-24)16-3-5-17(6-4-16)29(34,35)36/h3-9,13,22H,2,10-12,14-15H2,1H3,(H,41,42,44). The summed E-state index contributed by atoms with van der Waals surface area (Å²) in [5.74, 6) is -1.41. The maximum absolute atomic E-state index is 13.2. The van der Waals surface area contributed by atoms with Crippen LogP contribution in [-0.2, 0) is 12.7 Å². The number of benzene rings is 2. The first kappa shape index (κ1) is 35.0. The zero-order valence-electron chi connectivity index (χ0n) is 24.7. The van der Waals surface area contributed by atoms with Crippen LogP contribution in [0.2, 0.25) is 0 Å². The lowest BCUT2D eigenvalue weighted by molar-refractivity contribution is -0.153. The summed E-state index contributed by atoms with van der Waals surface area (Å²) in [7, 11) is 0. The number of nitrogens with one attached hydrogen (secondary N) is 1. The van der Waals surface area contributed by atoms with E-state index in [1.54, 1.807) is 11.8 Å². The van der Waals surface area contributed by atoms with Gasteiger partial charge in [-0.2, -0.15) is 39.5 Å². The van der Waals surface area contributed by atoms with E-state index in [9.17, 15) is 44.3 Å². The average Bonchev–Trinajstić information content (AvgIpc) is 3.64. The monoisotopic (exact) mass is 708 g/mol. The van der Waals surface area contributed by atoms with Crippen LogP contribution in [0, 0.1) is 0 Å². The molecule has 1 unspecified atom stereocenters. The lowest BCUT2D eigenvalue weighted by Gasteiger charge is -2.27. The Morgan fingerprint density at radius 1 is 1.02 bits per heavy atom. The molecule has 48 heavy (non-hydrogen) atoms. The Balaban J connectivity index is 1.48. The van der Waals surface area contributed by atoms with Crippen molar-refractivity contribution in [3.8, 4) is 33.5 Å². The Morgan fingerprint density at radius 3 is 2.31 bits per heavy atom. The molecule has 0 radical (unpaired) electrons. The van der Waals surface area contributed by atoms with Crippen LogP contribution in [0.25, 0.3) is 22.0 Å². The number of hydrogen-bond acceptors (Lipinski definition) is 8. The molecule has 1 atom stereocenters. The summed E-state index contributed by atoms with van der Waals surface area (Å²) < 4.78 is 134. The van der Waals surface area contributed by atoms with Crippen LogP contribution in [0.3, 0.4) is 0 Å². The van der Waals surface area contributed by atoms with Crippen molar-refractivity contribution in [2.75, 3.05) is 19.7 Å². The highest BCUT2D eigenvalue weighted by Crippen LogP contribution is 2.40. The molecule has 0 spiro atoms. The van der Waals surface area contributed by atoms with E-state index in [4.69, 9.17) is 9.47 Å². The number of rotatable bonds is 10. The number of H-pyrrole nitrogens is 1. The predicted molar refractivity (Wildman–Crippen MR) is 154 cm³/mol. The number of aromatic amines is 1. The molecule has 2 aromatic heterocycles. The zero-order valence-corrected chi connectivity index (χ0v) is 25.5. The average molecular weight is 709 g/mol. The van der Waals surface area contributed by atoms with Crippen molar-refractivity contribution in [2.24, 2.45) is 0 Å². The van der Waals surface area contributed by atoms with E-state index in [1.165, 1.54) is 30.3 Å². The lowest BCUT2D eigenvalue weighted by Crippen LogP contribution is -2.32. The van der Waals surface area contributed by atoms with Gasteiger partial charge in [0.1, 0.15) is 22.6 Å². The summed E-state index contributed by atoms with van der Waals surface area (Å²) in [6, 6.07) is 8.20. The first-order valence-corrected chi connectivity index (χ1v) is 15.0. The normalized spacial score (nSPS) is 15.3. The van der Waals surface area contributed by atoms with Gasteiger partial charge in [0, 0.05) is 36.8 Å². The van der Waals surface area contributed by atoms with Crippen molar-refractivity contribution in [3.05, 3.63) is 80.8 Å². The van der Waals surface area contributed by atoms with Crippen LogP contribution in [0.5, 0.6) is 11.5 Å². The number of aromatic nitrogens is 3. The second-order valence-corrected chi connectivity index (χ2v) is 11.7. The van der Waals surface area contributed by atoms with Crippen LogP contribution in [-0.4, -0.2) is 52.1 Å². The summed E-state index contributed by atoms with van der Waals surface area (Å²) in [5.41, 5.74) is -0.748. The summed E-state index contributed by atoms with van der Waals surface area (Å²) in [6.45, 7) is 0.220. The van der Waals surface area contributed by atoms with Gasteiger partial charge in [-0.3, -0.25) is 14.4 Å². The number of nitrogens with zero attached hydrogens (tertiary/aromatic N) is 3. The van der Waals surface area contributed by atoms with Gasteiger partial charge in [0.2, 0.25) is 0 Å². The predicted octanol–water partition coefficient (Wildman–Crippen LogP) is 8.34. The fourth-order valence-corrected chi connectivity index (χ4v) is 6.05. The lowest BCUT2D eigenvalue weighted by atomic mass is 10.1. The van der Waals surface area contributed by atoms with Crippen LogP contribution in [0.1, 0.15) is 42.0 Å². The maximum atomic E-state index is 13.2. The topological polar surface area (TPSA) is 93.5 Å². The van der Waals surface area contributed by atoms with Crippen LogP contribution in [0.15, 0.2) is 63.4 Å². The van der Waals surface area contributed by atoms with Crippen molar-refractivity contribution in [1.82, 2.24) is 20.0 Å². The molecule has 0 saturated heterocycles. The van der Waals surface area contributed by atoms with E-state index in [-0.39, 0.29) is 55.4 Å². The zero-order chi connectivity index (χ0) is 34.9. The van der Waals surface area contributed by atoms with Crippen LogP contribution < -0.4 is 15.2 Å². The number of hydrogen-bond donors (Lipinski definition) is 1. The van der Waals surface area contributed by atoms with Gasteiger partial charge in [0.05, 0.1) is 21.7 Å². The van der Waals surface area contributed by atoms with Crippen molar-refractivity contribution >= 4 is 11.3 Å². The van der Waals surface area contributed by atoms with Crippen LogP contribution in [0.4, 0.5) is 39.5 Å². The third-order valence-corrected chi connectivity index (χ3v) is 8.44. The third kappa shape index (κ3) is 8.58. The van der Waals surface area contributed by atoms with Gasteiger partial charge in [-0.1, -0.05) is 30.3 Å². The largest absolute Gasteiger partial charge is 0.485 e. The molecule has 18 heteroatoms. The maximum Gasteiger partial charge on any atom is 0.439 e. The fourth-order valence-electron chi connectivity index (χ4n) is 4.86.